The number of aromatic nitrogens is 1. The van der Waals surface area contributed by atoms with Crippen molar-refractivity contribution in [2.75, 3.05) is 0 Å². The van der Waals surface area contributed by atoms with Crippen LogP contribution in [0.25, 0.3) is 0 Å². The van der Waals surface area contributed by atoms with Crippen molar-refractivity contribution in [1.82, 2.24) is 20.7 Å². The van der Waals surface area contributed by atoms with Gasteiger partial charge in [0.2, 0.25) is 0 Å². The van der Waals surface area contributed by atoms with Crippen LogP contribution < -0.4 is 10.6 Å². The molecule has 198 valence electrons. The highest BCUT2D eigenvalue weighted by Crippen LogP contribution is 2.27. The number of pyridine rings is 1. The first kappa shape index (κ1) is 26.6. The fourth-order valence-electron chi connectivity index (χ4n) is 3.94. The number of carbonyl (C=O) groups excluding carboxylic acids is 5. The first-order valence-corrected chi connectivity index (χ1v) is 12.4. The molecule has 11 nitrogen and oxygen atoms in total. The molecular formula is C27H29N5O6. The summed E-state index contributed by atoms with van der Waals surface area (Å²) in [6.07, 6.45) is 2.36. The quantitative estimate of drug-likeness (QED) is 0.508. The Morgan fingerprint density at radius 3 is 2.34 bits per heavy atom. The number of nitrogens with one attached hydrogen (secondary N) is 2. The topological polar surface area (TPSA) is 147 Å². The Morgan fingerprint density at radius 2 is 1.76 bits per heavy atom. The third kappa shape index (κ3) is 5.17. The molecular weight excluding hydrogens is 490 g/mol. The van der Waals surface area contributed by atoms with Gasteiger partial charge in [0.15, 0.2) is 5.84 Å². The average Bonchev–Trinajstić information content (AvgIpc) is 3.40. The minimum atomic E-state index is -0.952. The Kier molecular flexibility index (Phi) is 7.38. The zero-order valence-electron chi connectivity index (χ0n) is 21.7. The normalized spacial score (nSPS) is 19.0. The predicted octanol–water partition coefficient (Wildman–Crippen LogP) is 2.09. The summed E-state index contributed by atoms with van der Waals surface area (Å²) in [4.78, 5) is 75.4. The molecule has 2 aromatic rings. The number of imide groups is 1. The molecule has 1 unspecified atom stereocenters. The standard InChI is InChI=1S/C27H29N5O6/c1-5-16-12-19(22(28-13-16)23-30-26(37)27(4,31-23)15(2)3)24(35)29-14-17-6-8-18(9-7-17)25(36)38-32-20(33)10-11-21(32)34/h6-9,12-13,15H,5,10-11,14H2,1-4H3,(H,29,35)(H,30,31,37). The maximum Gasteiger partial charge on any atom is 0.363 e. The van der Waals surface area contributed by atoms with Gasteiger partial charge in [-0.05, 0) is 48.6 Å². The van der Waals surface area contributed by atoms with E-state index in [2.05, 4.69) is 20.6 Å². The summed E-state index contributed by atoms with van der Waals surface area (Å²) in [5.41, 5.74) is 1.33. The number of rotatable bonds is 8. The van der Waals surface area contributed by atoms with Crippen LogP contribution >= 0.6 is 0 Å². The van der Waals surface area contributed by atoms with Gasteiger partial charge in [-0.2, -0.15) is 0 Å². The Morgan fingerprint density at radius 1 is 1.11 bits per heavy atom. The van der Waals surface area contributed by atoms with Crippen molar-refractivity contribution in [1.29, 1.82) is 0 Å². The fourth-order valence-corrected chi connectivity index (χ4v) is 3.94. The van der Waals surface area contributed by atoms with Crippen LogP contribution in [0.2, 0.25) is 0 Å². The highest BCUT2D eigenvalue weighted by atomic mass is 16.7. The Balaban J connectivity index is 1.47. The van der Waals surface area contributed by atoms with Crippen LogP contribution in [-0.2, 0) is 32.2 Å². The Bertz CT molecular complexity index is 1330. The third-order valence-corrected chi connectivity index (χ3v) is 6.80. The highest BCUT2D eigenvalue weighted by molar-refractivity contribution is 6.18. The second-order valence-corrected chi connectivity index (χ2v) is 9.65. The summed E-state index contributed by atoms with van der Waals surface area (Å²) in [6, 6.07) is 7.95. The van der Waals surface area contributed by atoms with Gasteiger partial charge in [0.25, 0.3) is 23.6 Å². The number of aliphatic imine (C=N–C) groups is 1. The van der Waals surface area contributed by atoms with Crippen LogP contribution in [0.4, 0.5) is 0 Å². The molecule has 1 fully saturated rings. The summed E-state index contributed by atoms with van der Waals surface area (Å²) < 4.78 is 0. The minimum Gasteiger partial charge on any atom is -0.348 e. The molecule has 4 rings (SSSR count). The minimum absolute atomic E-state index is 0.0138. The van der Waals surface area contributed by atoms with Crippen LogP contribution in [0, 0.1) is 5.92 Å². The van der Waals surface area contributed by atoms with Crippen molar-refractivity contribution >= 4 is 35.4 Å². The number of amides is 4. The number of aryl methyl sites for hydroxylation is 1. The van der Waals surface area contributed by atoms with E-state index in [4.69, 9.17) is 4.84 Å². The number of benzene rings is 1. The molecule has 11 heteroatoms. The lowest BCUT2D eigenvalue weighted by Gasteiger charge is -2.21. The third-order valence-electron chi connectivity index (χ3n) is 6.80. The zero-order chi connectivity index (χ0) is 27.6. The van der Waals surface area contributed by atoms with Crippen molar-refractivity contribution in [3.63, 3.8) is 0 Å². The molecule has 2 aliphatic heterocycles. The Hall–Kier alpha value is -4.41. The van der Waals surface area contributed by atoms with Crippen LogP contribution in [0.1, 0.15) is 78.1 Å². The molecule has 1 aromatic heterocycles. The molecule has 0 spiro atoms. The average molecular weight is 520 g/mol. The van der Waals surface area contributed by atoms with Crippen molar-refractivity contribution in [3.05, 3.63) is 64.5 Å². The van der Waals surface area contributed by atoms with Crippen molar-refractivity contribution in [2.24, 2.45) is 10.9 Å². The highest BCUT2D eigenvalue weighted by Gasteiger charge is 2.43. The SMILES string of the molecule is CCc1cnc(C2=NC(C)(C(C)C)C(=O)N2)c(C(=O)NCc2ccc(C(=O)ON3C(=O)CCC3=O)cc2)c1. The number of hydrogen-bond donors (Lipinski definition) is 2. The molecule has 0 saturated carbocycles. The number of amidine groups is 1. The molecule has 1 atom stereocenters. The van der Waals surface area contributed by atoms with E-state index in [1.54, 1.807) is 31.3 Å². The summed E-state index contributed by atoms with van der Waals surface area (Å²) in [5, 5.41) is 6.11. The number of hydroxylamine groups is 2. The Labute approximate surface area is 219 Å². The second kappa shape index (κ2) is 10.5. The first-order valence-electron chi connectivity index (χ1n) is 12.4. The van der Waals surface area contributed by atoms with Gasteiger partial charge in [-0.25, -0.2) is 9.79 Å². The van der Waals surface area contributed by atoms with Crippen molar-refractivity contribution in [3.8, 4) is 0 Å². The predicted molar refractivity (Wildman–Crippen MR) is 136 cm³/mol. The van der Waals surface area contributed by atoms with Gasteiger partial charge in [-0.15, -0.1) is 5.06 Å². The van der Waals surface area contributed by atoms with Gasteiger partial charge in [0.1, 0.15) is 11.2 Å². The van der Waals surface area contributed by atoms with Crippen LogP contribution in [-0.4, -0.2) is 51.0 Å². The smallest absolute Gasteiger partial charge is 0.348 e. The van der Waals surface area contributed by atoms with Gasteiger partial charge in [0, 0.05) is 25.6 Å². The lowest BCUT2D eigenvalue weighted by molar-refractivity contribution is -0.172. The fraction of sp³-hybridized carbons (Fsp3) is 0.370. The van der Waals surface area contributed by atoms with Gasteiger partial charge in [-0.3, -0.25) is 24.2 Å². The molecule has 0 radical (unpaired) electrons. The monoisotopic (exact) mass is 519 g/mol. The maximum atomic E-state index is 13.2. The van der Waals surface area contributed by atoms with Crippen LogP contribution in [0.15, 0.2) is 41.5 Å². The van der Waals surface area contributed by atoms with Gasteiger partial charge in [-0.1, -0.05) is 32.9 Å². The lowest BCUT2D eigenvalue weighted by atomic mass is 9.89. The second-order valence-electron chi connectivity index (χ2n) is 9.65. The molecule has 2 aliphatic rings. The maximum absolute atomic E-state index is 13.2. The molecule has 0 bridgehead atoms. The summed E-state index contributed by atoms with van der Waals surface area (Å²) in [7, 11) is 0. The number of carbonyl (C=O) groups is 5. The lowest BCUT2D eigenvalue weighted by Crippen LogP contribution is -2.41. The summed E-state index contributed by atoms with van der Waals surface area (Å²) in [5.74, 6) is -2.37. The van der Waals surface area contributed by atoms with E-state index >= 15 is 0 Å². The van der Waals surface area contributed by atoms with E-state index in [1.807, 2.05) is 20.8 Å². The summed E-state index contributed by atoms with van der Waals surface area (Å²) >= 11 is 0. The molecule has 38 heavy (non-hydrogen) atoms. The van der Waals surface area contributed by atoms with Gasteiger partial charge < -0.3 is 15.5 Å². The van der Waals surface area contributed by atoms with Crippen molar-refractivity contribution < 1.29 is 28.8 Å². The molecule has 3 heterocycles. The molecule has 0 aliphatic carbocycles. The van der Waals surface area contributed by atoms with Crippen LogP contribution in [0.5, 0.6) is 0 Å². The van der Waals surface area contributed by atoms with Crippen LogP contribution in [0.3, 0.4) is 0 Å². The van der Waals surface area contributed by atoms with E-state index < -0.39 is 29.2 Å². The number of hydrogen-bond acceptors (Lipinski definition) is 8. The molecule has 1 aromatic carbocycles. The zero-order valence-corrected chi connectivity index (χ0v) is 21.7. The van der Waals surface area contributed by atoms with Gasteiger partial charge in [0.05, 0.1) is 11.1 Å². The number of nitrogens with zero attached hydrogens (tertiary/aromatic N) is 3. The largest absolute Gasteiger partial charge is 0.363 e. The van der Waals surface area contributed by atoms with E-state index in [-0.39, 0.29) is 48.2 Å². The van der Waals surface area contributed by atoms with E-state index in [1.165, 1.54) is 12.1 Å². The first-order chi connectivity index (χ1) is 18.0. The van der Waals surface area contributed by atoms with E-state index in [0.29, 0.717) is 22.7 Å². The van der Waals surface area contributed by atoms with E-state index in [9.17, 15) is 24.0 Å². The molecule has 2 N–H and O–H groups in total. The van der Waals surface area contributed by atoms with E-state index in [0.717, 1.165) is 5.56 Å². The molecule has 1 saturated heterocycles. The molecule has 4 amide bonds. The summed E-state index contributed by atoms with van der Waals surface area (Å²) in [6.45, 7) is 7.66. The van der Waals surface area contributed by atoms with Crippen molar-refractivity contribution in [2.45, 2.75) is 59.0 Å². The van der Waals surface area contributed by atoms with Gasteiger partial charge >= 0.3 is 5.97 Å².